The molecule has 1 aromatic rings. The van der Waals surface area contributed by atoms with Gasteiger partial charge in [0.1, 0.15) is 0 Å². The number of hydrogen-bond acceptors (Lipinski definition) is 4. The molecule has 1 aliphatic carbocycles. The number of amides is 1. The average Bonchev–Trinajstić information content (AvgIpc) is 2.93. The van der Waals surface area contributed by atoms with Crippen molar-refractivity contribution in [1.82, 2.24) is 10.3 Å². The van der Waals surface area contributed by atoms with Crippen LogP contribution in [0.3, 0.4) is 0 Å². The van der Waals surface area contributed by atoms with Gasteiger partial charge < -0.3 is 5.32 Å². The van der Waals surface area contributed by atoms with E-state index in [2.05, 4.69) is 19.2 Å². The van der Waals surface area contributed by atoms with Crippen LogP contribution in [0.25, 0.3) is 0 Å². The van der Waals surface area contributed by atoms with Gasteiger partial charge in [-0.15, -0.1) is 11.3 Å². The molecule has 104 valence electrons. The molecular formula is C14H21N3OS. The molecule has 1 amide bonds. The summed E-state index contributed by atoms with van der Waals surface area (Å²) in [4.78, 5) is 20.4. The lowest BCUT2D eigenvalue weighted by molar-refractivity contribution is -0.118. The summed E-state index contributed by atoms with van der Waals surface area (Å²) in [5, 5.41) is 4.26. The highest BCUT2D eigenvalue weighted by molar-refractivity contribution is 7.16. The van der Waals surface area contributed by atoms with Crippen molar-refractivity contribution in [2.75, 3.05) is 11.4 Å². The topological polar surface area (TPSA) is 45.2 Å². The monoisotopic (exact) mass is 279 g/mol. The van der Waals surface area contributed by atoms with Crippen LogP contribution in [0.15, 0.2) is 0 Å². The van der Waals surface area contributed by atoms with Gasteiger partial charge in [-0.3, -0.25) is 9.69 Å². The fourth-order valence-electron chi connectivity index (χ4n) is 2.88. The summed E-state index contributed by atoms with van der Waals surface area (Å²) in [6.07, 6.45) is 5.62. The lowest BCUT2D eigenvalue weighted by atomic mass is 10.0. The highest BCUT2D eigenvalue weighted by Gasteiger charge is 2.34. The van der Waals surface area contributed by atoms with E-state index in [0.29, 0.717) is 6.04 Å². The quantitative estimate of drug-likeness (QED) is 0.922. The van der Waals surface area contributed by atoms with Crippen LogP contribution in [0.5, 0.6) is 0 Å². The Kier molecular flexibility index (Phi) is 3.58. The lowest BCUT2D eigenvalue weighted by Crippen LogP contribution is -2.41. The zero-order chi connectivity index (χ0) is 13.4. The third-order valence-corrected chi connectivity index (χ3v) is 4.99. The van der Waals surface area contributed by atoms with Crippen molar-refractivity contribution in [2.24, 2.45) is 0 Å². The molecule has 4 nitrogen and oxygen atoms in total. The van der Waals surface area contributed by atoms with Gasteiger partial charge >= 0.3 is 0 Å². The van der Waals surface area contributed by atoms with Crippen LogP contribution < -0.4 is 10.2 Å². The number of rotatable bonds is 3. The molecule has 0 spiro atoms. The Morgan fingerprint density at radius 2 is 2.16 bits per heavy atom. The largest absolute Gasteiger partial charge is 0.304 e. The number of nitrogens with zero attached hydrogens (tertiary/aromatic N) is 2. The van der Waals surface area contributed by atoms with E-state index in [1.54, 1.807) is 11.3 Å². The molecule has 0 radical (unpaired) electrons. The van der Waals surface area contributed by atoms with E-state index < -0.39 is 0 Å². The second-order valence-corrected chi connectivity index (χ2v) is 6.79. The Morgan fingerprint density at radius 3 is 2.89 bits per heavy atom. The number of carbonyl (C=O) groups is 1. The molecule has 0 saturated carbocycles. The summed E-state index contributed by atoms with van der Waals surface area (Å²) in [7, 11) is 0. The molecule has 1 atom stereocenters. The summed E-state index contributed by atoms with van der Waals surface area (Å²) in [5.74, 6) is 0.194. The van der Waals surface area contributed by atoms with Crippen molar-refractivity contribution >= 4 is 22.4 Å². The van der Waals surface area contributed by atoms with E-state index in [0.717, 1.165) is 30.9 Å². The molecular weight excluding hydrogens is 258 g/mol. The molecule has 1 fully saturated rings. The second-order valence-electron chi connectivity index (χ2n) is 5.73. The predicted molar refractivity (Wildman–Crippen MR) is 77.8 cm³/mol. The summed E-state index contributed by atoms with van der Waals surface area (Å²) in [6, 6.07) is 0.319. The molecule has 0 bridgehead atoms. The van der Waals surface area contributed by atoms with E-state index in [4.69, 9.17) is 4.98 Å². The molecule has 1 aliphatic heterocycles. The molecule has 19 heavy (non-hydrogen) atoms. The number of fused-ring (bicyclic) bond motifs is 1. The number of hydrogen-bond donors (Lipinski definition) is 1. The van der Waals surface area contributed by atoms with Crippen molar-refractivity contribution in [2.45, 2.75) is 58.0 Å². The highest BCUT2D eigenvalue weighted by Crippen LogP contribution is 2.33. The van der Waals surface area contributed by atoms with Gasteiger partial charge in [0.2, 0.25) is 5.91 Å². The van der Waals surface area contributed by atoms with Crippen LogP contribution >= 0.6 is 11.3 Å². The molecule has 2 aliphatic rings. The Morgan fingerprint density at radius 1 is 1.37 bits per heavy atom. The summed E-state index contributed by atoms with van der Waals surface area (Å²) < 4.78 is 0. The molecule has 2 heterocycles. The zero-order valence-corrected chi connectivity index (χ0v) is 12.4. The molecule has 1 aromatic heterocycles. The maximum absolute atomic E-state index is 12.4. The first-order valence-corrected chi connectivity index (χ1v) is 8.03. The van der Waals surface area contributed by atoms with Crippen LogP contribution in [0.1, 0.15) is 43.7 Å². The van der Waals surface area contributed by atoms with Gasteiger partial charge in [0.15, 0.2) is 5.13 Å². The summed E-state index contributed by atoms with van der Waals surface area (Å²) in [5.41, 5.74) is 1.24. The number of thiazole rings is 1. The maximum Gasteiger partial charge on any atom is 0.245 e. The molecule has 5 heteroatoms. The minimum atomic E-state index is -0.0269. The van der Waals surface area contributed by atoms with Gasteiger partial charge in [-0.05, 0) is 32.1 Å². The Hall–Kier alpha value is -0.940. The fourth-order valence-corrected chi connectivity index (χ4v) is 4.06. The number of carbonyl (C=O) groups excluding carboxylic acids is 1. The van der Waals surface area contributed by atoms with Gasteiger partial charge in [-0.25, -0.2) is 4.98 Å². The Bertz CT molecular complexity index is 460. The van der Waals surface area contributed by atoms with Crippen LogP contribution in [0.2, 0.25) is 0 Å². The van der Waals surface area contributed by atoms with Gasteiger partial charge in [-0.1, -0.05) is 13.8 Å². The first-order chi connectivity index (χ1) is 9.15. The van der Waals surface area contributed by atoms with Crippen LogP contribution in [-0.4, -0.2) is 29.5 Å². The lowest BCUT2D eigenvalue weighted by Gasteiger charge is -2.16. The minimum absolute atomic E-state index is 0.0269. The van der Waals surface area contributed by atoms with Crippen LogP contribution in [0.4, 0.5) is 5.13 Å². The van der Waals surface area contributed by atoms with Crippen molar-refractivity contribution in [3.8, 4) is 0 Å². The van der Waals surface area contributed by atoms with Crippen molar-refractivity contribution in [1.29, 1.82) is 0 Å². The van der Waals surface area contributed by atoms with Crippen molar-refractivity contribution in [3.05, 3.63) is 10.6 Å². The van der Waals surface area contributed by atoms with Gasteiger partial charge in [0, 0.05) is 17.5 Å². The molecule has 1 saturated heterocycles. The summed E-state index contributed by atoms with van der Waals surface area (Å²) in [6.45, 7) is 4.96. The smallest absolute Gasteiger partial charge is 0.245 e. The summed E-state index contributed by atoms with van der Waals surface area (Å²) >= 11 is 1.72. The van der Waals surface area contributed by atoms with Crippen molar-refractivity contribution in [3.63, 3.8) is 0 Å². The molecule has 1 unspecified atom stereocenters. The number of nitrogens with one attached hydrogen (secondary N) is 1. The second kappa shape index (κ2) is 5.21. The standard InChI is InChI=1S/C14H21N3OS/c1-9(2)15-11-7-8-17(13(11)18)14-16-10-5-3-4-6-12(10)19-14/h9,11,15H,3-8H2,1-2H3. The maximum atomic E-state index is 12.4. The molecule has 1 N–H and O–H groups in total. The van der Waals surface area contributed by atoms with E-state index in [1.807, 2.05) is 4.90 Å². The third-order valence-electron chi connectivity index (χ3n) is 3.81. The first kappa shape index (κ1) is 13.1. The van der Waals surface area contributed by atoms with Crippen LogP contribution in [0, 0.1) is 0 Å². The van der Waals surface area contributed by atoms with Gasteiger partial charge in [0.05, 0.1) is 11.7 Å². The van der Waals surface area contributed by atoms with E-state index in [9.17, 15) is 4.79 Å². The van der Waals surface area contributed by atoms with Gasteiger partial charge in [-0.2, -0.15) is 0 Å². The molecule has 0 aromatic carbocycles. The average molecular weight is 279 g/mol. The SMILES string of the molecule is CC(C)NC1CCN(c2nc3c(s2)CCCC3)C1=O. The number of aromatic nitrogens is 1. The fraction of sp³-hybridized carbons (Fsp3) is 0.714. The zero-order valence-electron chi connectivity index (χ0n) is 11.6. The number of anilines is 1. The van der Waals surface area contributed by atoms with Gasteiger partial charge in [0.25, 0.3) is 0 Å². The number of aryl methyl sites for hydroxylation is 2. The van der Waals surface area contributed by atoms with E-state index in [-0.39, 0.29) is 11.9 Å². The first-order valence-electron chi connectivity index (χ1n) is 7.21. The van der Waals surface area contributed by atoms with Crippen LogP contribution in [-0.2, 0) is 17.6 Å². The van der Waals surface area contributed by atoms with E-state index in [1.165, 1.54) is 23.4 Å². The Balaban J connectivity index is 1.76. The minimum Gasteiger partial charge on any atom is -0.304 e. The predicted octanol–water partition coefficient (Wildman–Crippen LogP) is 2.13. The van der Waals surface area contributed by atoms with Crippen molar-refractivity contribution < 1.29 is 4.79 Å². The third kappa shape index (κ3) is 2.54. The molecule has 3 rings (SSSR count). The Labute approximate surface area is 118 Å². The normalized spacial score (nSPS) is 23.2. The highest BCUT2D eigenvalue weighted by atomic mass is 32.1. The van der Waals surface area contributed by atoms with E-state index >= 15 is 0 Å².